The Morgan fingerprint density at radius 3 is 2.57 bits per heavy atom. The van der Waals surface area contributed by atoms with Crippen LogP contribution in [0.1, 0.15) is 41.8 Å². The van der Waals surface area contributed by atoms with Gasteiger partial charge in [0, 0.05) is 30.2 Å². The number of nitrogens with zero attached hydrogens (tertiary/aromatic N) is 1. The molecule has 0 atom stereocenters. The maximum absolute atomic E-state index is 13.0. The zero-order valence-corrected chi connectivity index (χ0v) is 15.5. The number of amides is 1. The van der Waals surface area contributed by atoms with Crippen LogP contribution in [0.3, 0.4) is 0 Å². The van der Waals surface area contributed by atoms with E-state index in [-0.39, 0.29) is 5.91 Å². The maximum Gasteiger partial charge on any atom is 0.261 e. The first kappa shape index (κ1) is 16.9. The average molecular weight is 376 g/mol. The normalized spacial score (nSPS) is 16.5. The van der Waals surface area contributed by atoms with Gasteiger partial charge in [0.05, 0.1) is 0 Å². The first-order chi connectivity index (χ1) is 13.6. The van der Waals surface area contributed by atoms with E-state index in [2.05, 4.69) is 10.5 Å². The molecule has 1 aliphatic carbocycles. The first-order valence-electron chi connectivity index (χ1n) is 9.49. The van der Waals surface area contributed by atoms with E-state index in [1.807, 2.05) is 48.5 Å². The van der Waals surface area contributed by atoms with Gasteiger partial charge < -0.3 is 19.3 Å². The molecule has 1 fully saturated rings. The number of hydrogen-bond donors (Lipinski definition) is 1. The third-order valence-corrected chi connectivity index (χ3v) is 5.30. The average Bonchev–Trinajstić information content (AvgIpc) is 3.40. The second kappa shape index (κ2) is 6.41. The molecule has 0 unspecified atom stereocenters. The predicted octanol–water partition coefficient (Wildman–Crippen LogP) is 4.94. The standard InChI is InChI=1S/C22H20N2O4/c1-14-19(20(24-28-14)15-7-3-2-4-8-15)21(25)23-16-9-10-17-18(13-16)27-22(26-17)11-5-6-12-22/h2-4,7-10,13H,5-6,11-12H2,1H3,(H,23,25). The van der Waals surface area contributed by atoms with E-state index in [9.17, 15) is 4.79 Å². The lowest BCUT2D eigenvalue weighted by Crippen LogP contribution is -2.34. The highest BCUT2D eigenvalue weighted by atomic mass is 16.7. The van der Waals surface area contributed by atoms with Gasteiger partial charge in [0.1, 0.15) is 17.0 Å². The highest BCUT2D eigenvalue weighted by Gasteiger charge is 2.44. The van der Waals surface area contributed by atoms with Crippen molar-refractivity contribution in [1.82, 2.24) is 5.16 Å². The molecule has 6 nitrogen and oxygen atoms in total. The molecule has 1 spiro atoms. The topological polar surface area (TPSA) is 73.6 Å². The van der Waals surface area contributed by atoms with Crippen molar-refractivity contribution in [3.8, 4) is 22.8 Å². The minimum Gasteiger partial charge on any atom is -0.448 e. The Bertz CT molecular complexity index is 1040. The van der Waals surface area contributed by atoms with Crippen molar-refractivity contribution in [2.75, 3.05) is 5.32 Å². The van der Waals surface area contributed by atoms with E-state index in [1.165, 1.54) is 0 Å². The smallest absolute Gasteiger partial charge is 0.261 e. The van der Waals surface area contributed by atoms with Crippen molar-refractivity contribution in [1.29, 1.82) is 0 Å². The van der Waals surface area contributed by atoms with Gasteiger partial charge in [-0.15, -0.1) is 0 Å². The van der Waals surface area contributed by atoms with Crippen LogP contribution in [-0.4, -0.2) is 16.9 Å². The van der Waals surface area contributed by atoms with Crippen molar-refractivity contribution in [3.05, 3.63) is 59.9 Å². The van der Waals surface area contributed by atoms with Crippen molar-refractivity contribution in [3.63, 3.8) is 0 Å². The summed E-state index contributed by atoms with van der Waals surface area (Å²) in [4.78, 5) is 13.0. The SMILES string of the molecule is Cc1onc(-c2ccccc2)c1C(=O)Nc1ccc2c(c1)OC1(CCCC1)O2. The molecule has 0 saturated heterocycles. The summed E-state index contributed by atoms with van der Waals surface area (Å²) in [6, 6.07) is 15.0. The zero-order valence-electron chi connectivity index (χ0n) is 15.5. The molecule has 2 heterocycles. The van der Waals surface area contributed by atoms with E-state index in [0.717, 1.165) is 37.0 Å². The minimum absolute atomic E-state index is 0.271. The Balaban J connectivity index is 1.40. The summed E-state index contributed by atoms with van der Waals surface area (Å²) in [6.07, 6.45) is 3.99. The van der Waals surface area contributed by atoms with Gasteiger partial charge >= 0.3 is 0 Å². The number of hydrogen-bond acceptors (Lipinski definition) is 5. The third kappa shape index (κ3) is 2.81. The van der Waals surface area contributed by atoms with Crippen LogP contribution in [0, 0.1) is 6.92 Å². The number of aromatic nitrogens is 1. The Morgan fingerprint density at radius 2 is 1.79 bits per heavy atom. The maximum atomic E-state index is 13.0. The Hall–Kier alpha value is -3.28. The van der Waals surface area contributed by atoms with Gasteiger partial charge in [0.25, 0.3) is 11.7 Å². The fourth-order valence-corrected chi connectivity index (χ4v) is 3.92. The van der Waals surface area contributed by atoms with E-state index in [1.54, 1.807) is 6.92 Å². The summed E-state index contributed by atoms with van der Waals surface area (Å²) in [5, 5.41) is 7.00. The molecule has 1 N–H and O–H groups in total. The number of carbonyl (C=O) groups is 1. The molecule has 1 amide bonds. The fraction of sp³-hybridized carbons (Fsp3) is 0.273. The molecule has 6 heteroatoms. The lowest BCUT2D eigenvalue weighted by molar-refractivity contribution is -0.0716. The summed E-state index contributed by atoms with van der Waals surface area (Å²) in [7, 11) is 0. The van der Waals surface area contributed by atoms with Crippen LogP contribution in [0.2, 0.25) is 0 Å². The van der Waals surface area contributed by atoms with Crippen molar-refractivity contribution >= 4 is 11.6 Å². The van der Waals surface area contributed by atoms with E-state index < -0.39 is 5.79 Å². The van der Waals surface area contributed by atoms with Crippen molar-refractivity contribution < 1.29 is 18.8 Å². The second-order valence-electron chi connectivity index (χ2n) is 7.27. The molecule has 2 aromatic carbocycles. The molecule has 142 valence electrons. The number of aryl methyl sites for hydroxylation is 1. The fourth-order valence-electron chi connectivity index (χ4n) is 3.92. The molecule has 3 aromatic rings. The molecular weight excluding hydrogens is 356 g/mol. The van der Waals surface area contributed by atoms with E-state index in [4.69, 9.17) is 14.0 Å². The summed E-state index contributed by atoms with van der Waals surface area (Å²) in [5.41, 5.74) is 2.43. The Kier molecular flexibility index (Phi) is 3.86. The van der Waals surface area contributed by atoms with Crippen molar-refractivity contribution in [2.45, 2.75) is 38.4 Å². The highest BCUT2D eigenvalue weighted by molar-refractivity contribution is 6.08. The molecule has 0 bridgehead atoms. The van der Waals surface area contributed by atoms with Gasteiger partial charge in [-0.1, -0.05) is 35.5 Å². The van der Waals surface area contributed by atoms with Crippen LogP contribution in [-0.2, 0) is 0 Å². The Labute approximate surface area is 162 Å². The number of anilines is 1. The van der Waals surface area contributed by atoms with Crippen LogP contribution in [0.25, 0.3) is 11.3 Å². The van der Waals surface area contributed by atoms with Gasteiger partial charge in [0.2, 0.25) is 0 Å². The highest BCUT2D eigenvalue weighted by Crippen LogP contribution is 2.47. The van der Waals surface area contributed by atoms with Crippen LogP contribution in [0.4, 0.5) is 5.69 Å². The largest absolute Gasteiger partial charge is 0.448 e. The quantitative estimate of drug-likeness (QED) is 0.701. The molecule has 0 radical (unpaired) electrons. The molecule has 1 aliphatic heterocycles. The summed E-state index contributed by atoms with van der Waals surface area (Å²) >= 11 is 0. The number of carbonyl (C=O) groups excluding carboxylic acids is 1. The minimum atomic E-state index is -0.517. The third-order valence-electron chi connectivity index (χ3n) is 5.30. The summed E-state index contributed by atoms with van der Waals surface area (Å²) in [5.74, 6) is 1.08. The molecule has 28 heavy (non-hydrogen) atoms. The second-order valence-corrected chi connectivity index (χ2v) is 7.27. The number of benzene rings is 2. The van der Waals surface area contributed by atoms with Crippen LogP contribution in [0.5, 0.6) is 11.5 Å². The molecular formula is C22H20N2O4. The predicted molar refractivity (Wildman–Crippen MR) is 104 cm³/mol. The van der Waals surface area contributed by atoms with E-state index in [0.29, 0.717) is 28.5 Å². The molecule has 1 aromatic heterocycles. The summed E-state index contributed by atoms with van der Waals surface area (Å²) in [6.45, 7) is 1.73. The number of rotatable bonds is 3. The van der Waals surface area contributed by atoms with E-state index >= 15 is 0 Å². The zero-order chi connectivity index (χ0) is 19.1. The van der Waals surface area contributed by atoms with Crippen LogP contribution >= 0.6 is 0 Å². The lowest BCUT2D eigenvalue weighted by Gasteiger charge is -2.21. The Morgan fingerprint density at radius 1 is 1.04 bits per heavy atom. The molecule has 5 rings (SSSR count). The van der Waals surface area contributed by atoms with Gasteiger partial charge in [-0.05, 0) is 31.9 Å². The number of nitrogens with one attached hydrogen (secondary N) is 1. The van der Waals surface area contributed by atoms with Crippen LogP contribution < -0.4 is 14.8 Å². The van der Waals surface area contributed by atoms with Crippen LogP contribution in [0.15, 0.2) is 53.1 Å². The molecule has 1 saturated carbocycles. The number of fused-ring (bicyclic) bond motifs is 1. The van der Waals surface area contributed by atoms with Gasteiger partial charge in [0.15, 0.2) is 11.5 Å². The van der Waals surface area contributed by atoms with Gasteiger partial charge in [-0.2, -0.15) is 0 Å². The van der Waals surface area contributed by atoms with Crippen molar-refractivity contribution in [2.24, 2.45) is 0 Å². The van der Waals surface area contributed by atoms with Gasteiger partial charge in [-0.25, -0.2) is 0 Å². The lowest BCUT2D eigenvalue weighted by atomic mass is 10.1. The monoisotopic (exact) mass is 376 g/mol. The summed E-state index contributed by atoms with van der Waals surface area (Å²) < 4.78 is 17.4. The van der Waals surface area contributed by atoms with Gasteiger partial charge in [-0.3, -0.25) is 4.79 Å². The first-order valence-corrected chi connectivity index (χ1v) is 9.49. The number of ether oxygens (including phenoxy) is 2. The molecule has 2 aliphatic rings.